The number of nitrogens with zero attached hydrogens (tertiary/aromatic N) is 1. The van der Waals surface area contributed by atoms with E-state index in [0.717, 1.165) is 45.1 Å². The van der Waals surface area contributed by atoms with Gasteiger partial charge in [-0.2, -0.15) is 11.8 Å². The van der Waals surface area contributed by atoms with Gasteiger partial charge >= 0.3 is 0 Å². The Morgan fingerprint density at radius 1 is 1.03 bits per heavy atom. The lowest BCUT2D eigenvalue weighted by atomic mass is 9.55. The van der Waals surface area contributed by atoms with Crippen LogP contribution in [0.3, 0.4) is 0 Å². The standard InChI is InChI=1S/C34H55NO3S/c1-4-5-21-35(3)32(38)14-12-10-8-6-7-9-11-13-22-39-30-24-25-23-26(36)15-16-27(25)28-19-20-34(2)29(33(28)30)17-18-31(34)37/h15-16,23,28-31,33,36-37H,4-14,17-22,24H2,1-3H3/t28?,29?,30?,31-,33?,34-/m0/s1. The molecule has 2 fully saturated rings. The van der Waals surface area contributed by atoms with Crippen LogP contribution in [0.15, 0.2) is 18.2 Å². The van der Waals surface area contributed by atoms with Gasteiger partial charge in [-0.15, -0.1) is 0 Å². The summed E-state index contributed by atoms with van der Waals surface area (Å²) in [7, 11) is 1.94. The molecular weight excluding hydrogens is 502 g/mol. The molecule has 1 aromatic carbocycles. The number of amides is 1. The van der Waals surface area contributed by atoms with Crippen LogP contribution in [0.4, 0.5) is 0 Å². The van der Waals surface area contributed by atoms with Gasteiger partial charge in [0.15, 0.2) is 0 Å². The first-order chi connectivity index (χ1) is 18.8. The highest BCUT2D eigenvalue weighted by Gasteiger charge is 2.56. The fraction of sp³-hybridized carbons (Fsp3) is 0.794. The molecule has 3 aliphatic carbocycles. The highest BCUT2D eigenvalue weighted by Crippen LogP contribution is 2.62. The van der Waals surface area contributed by atoms with Crippen molar-refractivity contribution in [2.45, 2.75) is 134 Å². The smallest absolute Gasteiger partial charge is 0.222 e. The third kappa shape index (κ3) is 7.56. The maximum absolute atomic E-state index is 12.1. The van der Waals surface area contributed by atoms with Gasteiger partial charge in [0.05, 0.1) is 6.10 Å². The van der Waals surface area contributed by atoms with Crippen LogP contribution in [0.5, 0.6) is 5.75 Å². The van der Waals surface area contributed by atoms with Gasteiger partial charge in [-0.3, -0.25) is 4.79 Å². The number of benzene rings is 1. The first kappa shape index (κ1) is 30.8. The molecule has 4 rings (SSSR count). The Kier molecular flexibility index (Phi) is 11.5. The number of hydrogen-bond acceptors (Lipinski definition) is 4. The molecule has 0 spiro atoms. The van der Waals surface area contributed by atoms with Crippen LogP contribution in [-0.2, 0) is 11.2 Å². The number of aliphatic hydroxyl groups is 1. The lowest BCUT2D eigenvalue weighted by Gasteiger charge is -2.52. The summed E-state index contributed by atoms with van der Waals surface area (Å²) < 4.78 is 0. The quantitative estimate of drug-likeness (QED) is 0.214. The van der Waals surface area contributed by atoms with Gasteiger partial charge in [-0.05, 0) is 104 Å². The summed E-state index contributed by atoms with van der Waals surface area (Å²) in [5, 5.41) is 21.7. The Morgan fingerprint density at radius 2 is 1.74 bits per heavy atom. The van der Waals surface area contributed by atoms with E-state index < -0.39 is 0 Å². The number of carbonyl (C=O) groups excluding carboxylic acids is 1. The number of thioether (sulfide) groups is 1. The topological polar surface area (TPSA) is 60.8 Å². The van der Waals surface area contributed by atoms with Crippen LogP contribution in [0.25, 0.3) is 0 Å². The second-order valence-corrected chi connectivity index (χ2v) is 14.5. The maximum Gasteiger partial charge on any atom is 0.222 e. The lowest BCUT2D eigenvalue weighted by molar-refractivity contribution is -0.130. The average molecular weight is 558 g/mol. The van der Waals surface area contributed by atoms with Gasteiger partial charge in [-0.25, -0.2) is 0 Å². The van der Waals surface area contributed by atoms with Crippen molar-refractivity contribution in [1.82, 2.24) is 4.90 Å². The van der Waals surface area contributed by atoms with E-state index in [2.05, 4.69) is 31.7 Å². The molecule has 0 heterocycles. The molecule has 0 bridgehead atoms. The van der Waals surface area contributed by atoms with Crippen LogP contribution < -0.4 is 0 Å². The summed E-state index contributed by atoms with van der Waals surface area (Å²) in [6.45, 7) is 5.43. The van der Waals surface area contributed by atoms with E-state index in [1.54, 1.807) is 0 Å². The molecule has 0 radical (unpaired) electrons. The highest BCUT2D eigenvalue weighted by molar-refractivity contribution is 7.99. The molecule has 6 atom stereocenters. The van der Waals surface area contributed by atoms with Gasteiger partial charge in [0.1, 0.15) is 5.75 Å². The minimum atomic E-state index is -0.136. The minimum absolute atomic E-state index is 0.0899. The number of hydrogen-bond donors (Lipinski definition) is 2. The van der Waals surface area contributed by atoms with E-state index in [1.165, 1.54) is 74.7 Å². The van der Waals surface area contributed by atoms with Crippen molar-refractivity contribution in [3.63, 3.8) is 0 Å². The van der Waals surface area contributed by atoms with Crippen molar-refractivity contribution in [3.05, 3.63) is 29.3 Å². The van der Waals surface area contributed by atoms with Gasteiger partial charge in [-0.1, -0.05) is 64.9 Å². The Morgan fingerprint density at radius 3 is 2.49 bits per heavy atom. The largest absolute Gasteiger partial charge is 0.508 e. The number of unbranched alkanes of at least 4 members (excludes halogenated alkanes) is 8. The lowest BCUT2D eigenvalue weighted by Crippen LogP contribution is -2.48. The molecule has 1 amide bonds. The maximum atomic E-state index is 12.1. The number of aromatic hydroxyl groups is 1. The Hall–Kier alpha value is -1.20. The molecule has 220 valence electrons. The molecule has 0 aliphatic heterocycles. The van der Waals surface area contributed by atoms with Crippen molar-refractivity contribution in [3.8, 4) is 5.75 Å². The molecule has 39 heavy (non-hydrogen) atoms. The second kappa shape index (κ2) is 14.6. The number of fused-ring (bicyclic) bond motifs is 5. The van der Waals surface area contributed by atoms with Crippen molar-refractivity contribution >= 4 is 17.7 Å². The Labute approximate surface area is 242 Å². The fourth-order valence-electron chi connectivity index (χ4n) is 8.09. The number of rotatable bonds is 15. The molecule has 3 aliphatic rings. The van der Waals surface area contributed by atoms with Gasteiger partial charge in [0.2, 0.25) is 5.91 Å². The van der Waals surface area contributed by atoms with E-state index in [9.17, 15) is 15.0 Å². The first-order valence-electron chi connectivity index (χ1n) is 16.2. The van der Waals surface area contributed by atoms with E-state index >= 15 is 0 Å². The summed E-state index contributed by atoms with van der Waals surface area (Å²) >= 11 is 2.19. The second-order valence-electron chi connectivity index (χ2n) is 13.2. The zero-order valence-electron chi connectivity index (χ0n) is 25.0. The van der Waals surface area contributed by atoms with E-state index in [-0.39, 0.29) is 11.5 Å². The Balaban J connectivity index is 1.16. The van der Waals surface area contributed by atoms with Gasteiger partial charge in [0.25, 0.3) is 0 Å². The normalized spacial score (nSPS) is 29.5. The summed E-state index contributed by atoms with van der Waals surface area (Å²) in [5.41, 5.74) is 2.93. The van der Waals surface area contributed by atoms with Crippen LogP contribution >= 0.6 is 11.8 Å². The minimum Gasteiger partial charge on any atom is -0.508 e. The molecule has 4 nitrogen and oxygen atoms in total. The zero-order valence-corrected chi connectivity index (χ0v) is 25.8. The number of phenols is 1. The molecule has 1 aromatic rings. The van der Waals surface area contributed by atoms with Crippen LogP contribution in [0.2, 0.25) is 0 Å². The molecule has 2 N–H and O–H groups in total. The third-order valence-corrected chi connectivity index (χ3v) is 12.0. The summed E-state index contributed by atoms with van der Waals surface area (Å²) in [5.74, 6) is 3.80. The van der Waals surface area contributed by atoms with Crippen molar-refractivity contribution in [1.29, 1.82) is 0 Å². The Bertz CT molecular complexity index is 922. The van der Waals surface area contributed by atoms with Crippen LogP contribution in [0.1, 0.15) is 127 Å². The first-order valence-corrected chi connectivity index (χ1v) is 17.3. The summed E-state index contributed by atoms with van der Waals surface area (Å²) in [4.78, 5) is 14.0. The van der Waals surface area contributed by atoms with Crippen molar-refractivity contribution < 1.29 is 15.0 Å². The third-order valence-electron chi connectivity index (χ3n) is 10.5. The van der Waals surface area contributed by atoms with Gasteiger partial charge < -0.3 is 15.1 Å². The van der Waals surface area contributed by atoms with Gasteiger partial charge in [0, 0.05) is 25.3 Å². The van der Waals surface area contributed by atoms with E-state index in [4.69, 9.17) is 0 Å². The van der Waals surface area contributed by atoms with Crippen LogP contribution in [-0.4, -0.2) is 51.7 Å². The molecule has 5 heteroatoms. The molecule has 0 saturated heterocycles. The monoisotopic (exact) mass is 557 g/mol. The molecular formula is C34H55NO3S. The SMILES string of the molecule is CCCCN(C)C(=O)CCCCCCCCCCSC1Cc2cc(O)ccc2C2CC[C@@]3(C)C(CC[C@@H]3O)C12. The molecule has 0 aromatic heterocycles. The molecule has 2 saturated carbocycles. The van der Waals surface area contributed by atoms with Crippen molar-refractivity contribution in [2.75, 3.05) is 19.3 Å². The highest BCUT2D eigenvalue weighted by atomic mass is 32.2. The van der Waals surface area contributed by atoms with E-state index in [0.29, 0.717) is 41.1 Å². The zero-order chi connectivity index (χ0) is 27.8. The molecule has 4 unspecified atom stereocenters. The van der Waals surface area contributed by atoms with Crippen molar-refractivity contribution in [2.24, 2.45) is 17.3 Å². The number of carbonyl (C=O) groups is 1. The van der Waals surface area contributed by atoms with E-state index in [1.807, 2.05) is 24.1 Å². The average Bonchev–Trinajstić information content (AvgIpc) is 3.23. The number of aliphatic hydroxyl groups excluding tert-OH is 1. The summed E-state index contributed by atoms with van der Waals surface area (Å²) in [6.07, 6.45) is 18.3. The fourth-order valence-corrected chi connectivity index (χ4v) is 9.66. The summed E-state index contributed by atoms with van der Waals surface area (Å²) in [6, 6.07) is 6.10. The predicted molar refractivity (Wildman–Crippen MR) is 164 cm³/mol. The number of phenolic OH excluding ortho intramolecular Hbond substituents is 1. The predicted octanol–water partition coefficient (Wildman–Crippen LogP) is 8.09. The van der Waals surface area contributed by atoms with Crippen LogP contribution in [0, 0.1) is 17.3 Å².